The van der Waals surface area contributed by atoms with Crippen molar-refractivity contribution in [3.63, 3.8) is 0 Å². The van der Waals surface area contributed by atoms with Crippen LogP contribution < -0.4 is 17.0 Å². The van der Waals surface area contributed by atoms with Crippen LogP contribution in [0.1, 0.15) is 20.8 Å². The summed E-state index contributed by atoms with van der Waals surface area (Å²) in [4.78, 5) is 35.9. The first-order valence-electron chi connectivity index (χ1n) is 9.43. The number of carbonyl (C=O) groups excluding carboxylic acids is 2. The third-order valence-electron chi connectivity index (χ3n) is 4.92. The molecule has 0 saturated heterocycles. The third kappa shape index (κ3) is 4.35. The molecule has 162 valence electrons. The Labute approximate surface area is 189 Å². The second-order valence-corrected chi connectivity index (χ2v) is 6.89. The molecule has 0 amide bonds. The molecule has 0 bridgehead atoms. The summed E-state index contributed by atoms with van der Waals surface area (Å²) in [5, 5.41) is 11.2. The van der Waals surface area contributed by atoms with Crippen LogP contribution in [0.4, 0.5) is 5.69 Å². The predicted octanol–water partition coefficient (Wildman–Crippen LogP) is 0.475. The van der Waals surface area contributed by atoms with E-state index in [0.29, 0.717) is 22.4 Å². The summed E-state index contributed by atoms with van der Waals surface area (Å²) in [5.41, 5.74) is 2.66. The van der Waals surface area contributed by atoms with E-state index in [1.165, 1.54) is 19.2 Å². The lowest BCUT2D eigenvalue weighted by Gasteiger charge is -2.06. The molecule has 0 fully saturated rings. The van der Waals surface area contributed by atoms with E-state index in [1.54, 1.807) is 51.8 Å². The second-order valence-electron chi connectivity index (χ2n) is 6.89. The first-order chi connectivity index (χ1) is 15.0. The average molecular weight is 452 g/mol. The number of non-ortho nitro benzene ring substituents is 1. The van der Waals surface area contributed by atoms with Gasteiger partial charge in [-0.1, -0.05) is 18.2 Å². The van der Waals surface area contributed by atoms with E-state index in [1.807, 2.05) is 24.3 Å². The van der Waals surface area contributed by atoms with Gasteiger partial charge in [0, 0.05) is 35.5 Å². The molecule has 8 nitrogen and oxygen atoms in total. The number of esters is 1. The number of aromatic nitrogens is 2. The standard InChI is InChI=1S/C23H18N3O5.ClH/c1-31-23(28)17-7-5-10-24(14-17)15-21(27)22-20(13-18-8-2-3-11-25(18)22)16-6-4-9-19(12-16)26(29)30;/h2-14H,15H2,1H3;1H/q+1;/p-1. The highest BCUT2D eigenvalue weighted by molar-refractivity contribution is 6.02. The van der Waals surface area contributed by atoms with Gasteiger partial charge in [-0.15, -0.1) is 0 Å². The number of methoxy groups -OCH3 is 1. The molecule has 9 heteroatoms. The van der Waals surface area contributed by atoms with Crippen LogP contribution in [0.25, 0.3) is 16.6 Å². The zero-order valence-corrected chi connectivity index (χ0v) is 17.7. The van der Waals surface area contributed by atoms with Gasteiger partial charge >= 0.3 is 5.97 Å². The number of nitro groups is 1. The summed E-state index contributed by atoms with van der Waals surface area (Å²) in [7, 11) is 1.29. The Balaban J connectivity index is 0.00000289. The van der Waals surface area contributed by atoms with Crippen molar-refractivity contribution in [2.45, 2.75) is 6.54 Å². The molecule has 0 saturated carbocycles. The number of pyridine rings is 2. The second kappa shape index (κ2) is 9.40. The molecule has 3 heterocycles. The lowest BCUT2D eigenvalue weighted by Crippen LogP contribution is -3.00. The Morgan fingerprint density at radius 1 is 1.09 bits per heavy atom. The van der Waals surface area contributed by atoms with Crippen LogP contribution in [-0.4, -0.2) is 28.2 Å². The number of ether oxygens (including phenoxy) is 1. The van der Waals surface area contributed by atoms with Gasteiger partial charge in [-0.2, -0.15) is 4.57 Å². The summed E-state index contributed by atoms with van der Waals surface area (Å²) in [5.74, 6) is -0.702. The highest BCUT2D eigenvalue weighted by Crippen LogP contribution is 2.30. The van der Waals surface area contributed by atoms with Crippen molar-refractivity contribution < 1.29 is 36.2 Å². The number of nitro benzene ring substituents is 1. The highest BCUT2D eigenvalue weighted by atomic mass is 35.5. The summed E-state index contributed by atoms with van der Waals surface area (Å²) in [6, 6.07) is 16.8. The molecule has 0 atom stereocenters. The predicted molar refractivity (Wildman–Crippen MR) is 112 cm³/mol. The fourth-order valence-electron chi connectivity index (χ4n) is 3.51. The highest BCUT2D eigenvalue weighted by Gasteiger charge is 2.23. The quantitative estimate of drug-likeness (QED) is 0.140. The molecule has 4 aromatic rings. The summed E-state index contributed by atoms with van der Waals surface area (Å²) < 4.78 is 8.11. The molecule has 0 aliphatic heterocycles. The van der Waals surface area contributed by atoms with Gasteiger partial charge in [-0.3, -0.25) is 14.9 Å². The lowest BCUT2D eigenvalue weighted by atomic mass is 10.0. The summed E-state index contributed by atoms with van der Waals surface area (Å²) >= 11 is 0. The molecule has 0 unspecified atom stereocenters. The number of carbonyl (C=O) groups is 2. The number of hydrogen-bond donors (Lipinski definition) is 0. The fourth-order valence-corrected chi connectivity index (χ4v) is 3.51. The largest absolute Gasteiger partial charge is 1.00 e. The average Bonchev–Trinajstić information content (AvgIpc) is 3.18. The zero-order chi connectivity index (χ0) is 22.0. The van der Waals surface area contributed by atoms with Crippen molar-refractivity contribution in [2.75, 3.05) is 7.11 Å². The number of ketones is 1. The molecule has 4 rings (SSSR count). The number of fused-ring (bicyclic) bond motifs is 1. The Hall–Kier alpha value is -4.04. The van der Waals surface area contributed by atoms with Gasteiger partial charge < -0.3 is 21.5 Å². The zero-order valence-electron chi connectivity index (χ0n) is 17.0. The van der Waals surface area contributed by atoms with Gasteiger partial charge in [0.15, 0.2) is 12.4 Å². The molecular weight excluding hydrogens is 434 g/mol. The molecule has 1 aromatic carbocycles. The number of rotatable bonds is 6. The Kier molecular flexibility index (Phi) is 6.65. The van der Waals surface area contributed by atoms with Gasteiger partial charge in [-0.05, 0) is 29.8 Å². The van der Waals surface area contributed by atoms with Crippen LogP contribution in [0.2, 0.25) is 0 Å². The van der Waals surface area contributed by atoms with Crippen molar-refractivity contribution in [3.05, 3.63) is 101 Å². The molecule has 0 spiro atoms. The molecular formula is C23H18ClN3O5. The van der Waals surface area contributed by atoms with Crippen LogP contribution in [0.5, 0.6) is 0 Å². The van der Waals surface area contributed by atoms with Crippen molar-refractivity contribution >= 4 is 23.0 Å². The molecule has 0 N–H and O–H groups in total. The van der Waals surface area contributed by atoms with Crippen LogP contribution in [0, 0.1) is 10.1 Å². The number of benzene rings is 1. The fraction of sp³-hybridized carbons (Fsp3) is 0.0870. The summed E-state index contributed by atoms with van der Waals surface area (Å²) in [6.45, 7) is -0.0201. The van der Waals surface area contributed by atoms with Gasteiger partial charge in [0.2, 0.25) is 12.3 Å². The van der Waals surface area contributed by atoms with Crippen LogP contribution in [0.15, 0.2) is 79.3 Å². The molecule has 0 aliphatic carbocycles. The van der Waals surface area contributed by atoms with Gasteiger partial charge in [-0.25, -0.2) is 4.79 Å². The minimum atomic E-state index is -0.493. The van der Waals surface area contributed by atoms with Crippen LogP contribution >= 0.6 is 0 Å². The van der Waals surface area contributed by atoms with E-state index in [4.69, 9.17) is 4.74 Å². The first-order valence-corrected chi connectivity index (χ1v) is 9.43. The Bertz CT molecular complexity index is 1330. The number of Topliss-reactive ketones (excluding diaryl/α,β-unsaturated/α-hetero) is 1. The minimum Gasteiger partial charge on any atom is -1.00 e. The maximum atomic E-state index is 13.4. The van der Waals surface area contributed by atoms with E-state index < -0.39 is 10.9 Å². The van der Waals surface area contributed by atoms with Crippen LogP contribution in [-0.2, 0) is 11.3 Å². The topological polar surface area (TPSA) is 94.8 Å². The SMILES string of the molecule is COC(=O)c1ccc[n+](CC(=O)c2c(-c3cccc([N+](=O)[O-])c3)cc3ccccn23)c1.[Cl-]. The van der Waals surface area contributed by atoms with Crippen molar-refractivity contribution in [1.29, 1.82) is 0 Å². The van der Waals surface area contributed by atoms with Gasteiger partial charge in [0.1, 0.15) is 11.3 Å². The number of halogens is 1. The maximum absolute atomic E-state index is 13.4. The lowest BCUT2D eigenvalue weighted by molar-refractivity contribution is -0.683. The third-order valence-corrected chi connectivity index (χ3v) is 4.92. The van der Waals surface area contributed by atoms with E-state index in [2.05, 4.69) is 0 Å². The Morgan fingerprint density at radius 3 is 2.66 bits per heavy atom. The van der Waals surface area contributed by atoms with E-state index >= 15 is 0 Å². The monoisotopic (exact) mass is 451 g/mol. The molecule has 3 aromatic heterocycles. The van der Waals surface area contributed by atoms with Crippen molar-refractivity contribution in [2.24, 2.45) is 0 Å². The van der Waals surface area contributed by atoms with Crippen LogP contribution in [0.3, 0.4) is 0 Å². The van der Waals surface area contributed by atoms with E-state index in [0.717, 1.165) is 5.52 Å². The van der Waals surface area contributed by atoms with Gasteiger partial charge in [0.25, 0.3) is 5.69 Å². The normalized spacial score (nSPS) is 10.4. The van der Waals surface area contributed by atoms with Gasteiger partial charge in [0.05, 0.1) is 12.0 Å². The van der Waals surface area contributed by atoms with Crippen molar-refractivity contribution in [3.8, 4) is 11.1 Å². The number of hydrogen-bond acceptors (Lipinski definition) is 5. The Morgan fingerprint density at radius 2 is 1.91 bits per heavy atom. The smallest absolute Gasteiger partial charge is 0.343 e. The summed E-state index contributed by atoms with van der Waals surface area (Å²) in [6.07, 6.45) is 5.01. The van der Waals surface area contributed by atoms with Crippen molar-refractivity contribution in [1.82, 2.24) is 4.40 Å². The molecule has 0 aliphatic rings. The first kappa shape index (κ1) is 22.6. The number of nitrogens with zero attached hydrogens (tertiary/aromatic N) is 3. The van der Waals surface area contributed by atoms with E-state index in [-0.39, 0.29) is 30.4 Å². The molecule has 0 radical (unpaired) electrons. The minimum absolute atomic E-state index is 0. The maximum Gasteiger partial charge on any atom is 0.343 e. The molecule has 32 heavy (non-hydrogen) atoms. The van der Waals surface area contributed by atoms with E-state index in [9.17, 15) is 19.7 Å².